The van der Waals surface area contributed by atoms with E-state index in [0.717, 1.165) is 36.8 Å². The maximum absolute atomic E-state index is 5.29. The van der Waals surface area contributed by atoms with Crippen LogP contribution in [0.2, 0.25) is 0 Å². The van der Waals surface area contributed by atoms with Crippen molar-refractivity contribution >= 4 is 0 Å². The second-order valence-electron chi connectivity index (χ2n) is 4.98. The molecular weight excluding hydrogens is 226 g/mol. The lowest BCUT2D eigenvalue weighted by atomic mass is 10.1. The lowest BCUT2D eigenvalue weighted by Crippen LogP contribution is -2.40. The van der Waals surface area contributed by atoms with Crippen molar-refractivity contribution in [2.45, 2.75) is 32.4 Å². The van der Waals surface area contributed by atoms with E-state index in [9.17, 15) is 0 Å². The van der Waals surface area contributed by atoms with Crippen molar-refractivity contribution in [1.82, 2.24) is 15.2 Å². The number of nitrogens with zero attached hydrogens (tertiary/aromatic N) is 2. The van der Waals surface area contributed by atoms with E-state index in [4.69, 9.17) is 4.74 Å². The summed E-state index contributed by atoms with van der Waals surface area (Å²) in [7, 11) is 3.75. The van der Waals surface area contributed by atoms with Gasteiger partial charge in [-0.1, -0.05) is 0 Å². The molecule has 0 amide bonds. The molecular formula is C14H23N3O. The summed E-state index contributed by atoms with van der Waals surface area (Å²) in [6.07, 6.45) is 2.44. The van der Waals surface area contributed by atoms with Crippen molar-refractivity contribution in [3.8, 4) is 5.75 Å². The third kappa shape index (κ3) is 3.43. The van der Waals surface area contributed by atoms with Gasteiger partial charge in [0.05, 0.1) is 12.8 Å². The van der Waals surface area contributed by atoms with Gasteiger partial charge >= 0.3 is 0 Å². The monoisotopic (exact) mass is 249 g/mol. The Balaban J connectivity index is 1.95. The summed E-state index contributed by atoms with van der Waals surface area (Å²) < 4.78 is 5.29. The van der Waals surface area contributed by atoms with Crippen LogP contribution in [0, 0.1) is 6.92 Å². The molecule has 2 heterocycles. The molecule has 0 spiro atoms. The predicted molar refractivity (Wildman–Crippen MR) is 72.9 cm³/mol. The number of aromatic nitrogens is 1. The molecule has 0 aliphatic carbocycles. The third-order valence-corrected chi connectivity index (χ3v) is 3.60. The summed E-state index contributed by atoms with van der Waals surface area (Å²) in [6, 6.07) is 4.69. The molecule has 1 saturated heterocycles. The highest BCUT2D eigenvalue weighted by Gasteiger charge is 2.18. The molecule has 0 bridgehead atoms. The van der Waals surface area contributed by atoms with Crippen molar-refractivity contribution < 1.29 is 4.74 Å². The Labute approximate surface area is 109 Å². The van der Waals surface area contributed by atoms with Gasteiger partial charge in [-0.3, -0.25) is 9.88 Å². The maximum atomic E-state index is 5.29. The molecule has 0 atom stereocenters. The van der Waals surface area contributed by atoms with E-state index in [1.807, 2.05) is 26.1 Å². The summed E-state index contributed by atoms with van der Waals surface area (Å²) in [6.45, 7) is 5.22. The molecule has 1 aliphatic heterocycles. The van der Waals surface area contributed by atoms with Crippen molar-refractivity contribution in [2.75, 3.05) is 27.2 Å². The molecule has 0 aromatic carbocycles. The molecule has 2 rings (SSSR count). The molecule has 18 heavy (non-hydrogen) atoms. The minimum atomic E-state index is 0.682. The van der Waals surface area contributed by atoms with Crippen LogP contribution < -0.4 is 10.1 Å². The van der Waals surface area contributed by atoms with Gasteiger partial charge in [-0.15, -0.1) is 0 Å². The van der Waals surface area contributed by atoms with Crippen LogP contribution in [0.5, 0.6) is 5.75 Å². The lowest BCUT2D eigenvalue weighted by Gasteiger charge is -2.31. The van der Waals surface area contributed by atoms with Crippen LogP contribution >= 0.6 is 0 Å². The van der Waals surface area contributed by atoms with Gasteiger partial charge in [0.15, 0.2) is 0 Å². The fraction of sp³-hybridized carbons (Fsp3) is 0.643. The van der Waals surface area contributed by atoms with Crippen LogP contribution in [0.4, 0.5) is 0 Å². The molecule has 1 N–H and O–H groups in total. The summed E-state index contributed by atoms with van der Waals surface area (Å²) in [5, 5.41) is 3.35. The molecule has 4 heteroatoms. The van der Waals surface area contributed by atoms with E-state index in [2.05, 4.69) is 15.2 Å². The van der Waals surface area contributed by atoms with Crippen LogP contribution in [0.25, 0.3) is 0 Å². The van der Waals surface area contributed by atoms with E-state index in [1.54, 1.807) is 7.11 Å². The van der Waals surface area contributed by atoms with E-state index in [-0.39, 0.29) is 0 Å². The molecule has 0 saturated carbocycles. The lowest BCUT2D eigenvalue weighted by molar-refractivity contribution is 0.192. The van der Waals surface area contributed by atoms with Crippen LogP contribution in [-0.4, -0.2) is 43.2 Å². The number of hydrogen-bond acceptors (Lipinski definition) is 4. The van der Waals surface area contributed by atoms with Gasteiger partial charge in [0.25, 0.3) is 0 Å². The summed E-state index contributed by atoms with van der Waals surface area (Å²) in [5.41, 5.74) is 2.13. The smallest absolute Gasteiger partial charge is 0.122 e. The fourth-order valence-electron chi connectivity index (χ4n) is 2.51. The quantitative estimate of drug-likeness (QED) is 0.879. The van der Waals surface area contributed by atoms with Gasteiger partial charge < -0.3 is 10.1 Å². The summed E-state index contributed by atoms with van der Waals surface area (Å²) in [4.78, 5) is 7.05. The van der Waals surface area contributed by atoms with Gasteiger partial charge in [0.2, 0.25) is 0 Å². The predicted octanol–water partition coefficient (Wildman–Crippen LogP) is 1.58. The summed E-state index contributed by atoms with van der Waals surface area (Å²) >= 11 is 0. The van der Waals surface area contributed by atoms with E-state index in [0.29, 0.717) is 6.04 Å². The zero-order valence-corrected chi connectivity index (χ0v) is 11.6. The number of hydrogen-bond donors (Lipinski definition) is 1. The first-order valence-corrected chi connectivity index (χ1v) is 6.62. The fourth-order valence-corrected chi connectivity index (χ4v) is 2.51. The number of ether oxygens (including phenoxy) is 1. The highest BCUT2D eigenvalue weighted by atomic mass is 16.5. The Morgan fingerprint density at radius 3 is 2.72 bits per heavy atom. The Bertz CT molecular complexity index is 387. The molecule has 1 aliphatic rings. The van der Waals surface area contributed by atoms with Gasteiger partial charge in [-0.2, -0.15) is 0 Å². The molecule has 1 aromatic heterocycles. The van der Waals surface area contributed by atoms with Crippen molar-refractivity contribution in [1.29, 1.82) is 0 Å². The Morgan fingerprint density at radius 2 is 2.11 bits per heavy atom. The Hall–Kier alpha value is -1.13. The number of methoxy groups -OCH3 is 1. The average Bonchev–Trinajstić information content (AvgIpc) is 2.39. The zero-order valence-electron chi connectivity index (χ0n) is 11.6. The number of nitrogens with one attached hydrogen (secondary N) is 1. The zero-order chi connectivity index (χ0) is 13.0. The molecule has 4 nitrogen and oxygen atoms in total. The number of piperidine rings is 1. The number of rotatable bonds is 4. The first-order valence-electron chi connectivity index (χ1n) is 6.62. The summed E-state index contributed by atoms with van der Waals surface area (Å²) in [5.74, 6) is 0.905. The van der Waals surface area contributed by atoms with Crippen LogP contribution in [0.15, 0.2) is 12.1 Å². The molecule has 0 radical (unpaired) electrons. The normalized spacial score (nSPS) is 17.9. The number of pyridine rings is 1. The Morgan fingerprint density at radius 1 is 1.39 bits per heavy atom. The largest absolute Gasteiger partial charge is 0.497 e. The van der Waals surface area contributed by atoms with E-state index in [1.165, 1.54) is 12.8 Å². The van der Waals surface area contributed by atoms with Gasteiger partial charge in [-0.25, -0.2) is 0 Å². The van der Waals surface area contributed by atoms with E-state index >= 15 is 0 Å². The van der Waals surface area contributed by atoms with Gasteiger partial charge in [0.1, 0.15) is 5.75 Å². The first kappa shape index (κ1) is 13.3. The number of aryl methyl sites for hydroxylation is 1. The van der Waals surface area contributed by atoms with Crippen LogP contribution in [-0.2, 0) is 6.54 Å². The van der Waals surface area contributed by atoms with Crippen LogP contribution in [0.3, 0.4) is 0 Å². The molecule has 100 valence electrons. The molecule has 1 fully saturated rings. The average molecular weight is 249 g/mol. The molecule has 1 aromatic rings. The minimum absolute atomic E-state index is 0.682. The Kier molecular flexibility index (Phi) is 4.55. The SMILES string of the molecule is CNC1CCN(Cc2cc(OC)cc(C)n2)CC1. The third-order valence-electron chi connectivity index (χ3n) is 3.60. The second-order valence-corrected chi connectivity index (χ2v) is 4.98. The van der Waals surface area contributed by atoms with Gasteiger partial charge in [0, 0.05) is 43.5 Å². The highest BCUT2D eigenvalue weighted by Crippen LogP contribution is 2.17. The van der Waals surface area contributed by atoms with Crippen molar-refractivity contribution in [3.63, 3.8) is 0 Å². The maximum Gasteiger partial charge on any atom is 0.122 e. The first-order chi connectivity index (χ1) is 8.71. The standard InChI is InChI=1S/C14H23N3O/c1-11-8-14(18-3)9-13(16-11)10-17-6-4-12(15-2)5-7-17/h8-9,12,15H,4-7,10H2,1-3H3. The second kappa shape index (κ2) is 6.16. The van der Waals surface area contributed by atoms with Gasteiger partial charge in [-0.05, 0) is 26.8 Å². The molecule has 0 unspecified atom stereocenters. The highest BCUT2D eigenvalue weighted by molar-refractivity contribution is 5.26. The minimum Gasteiger partial charge on any atom is -0.497 e. The van der Waals surface area contributed by atoms with Crippen molar-refractivity contribution in [3.05, 3.63) is 23.5 Å². The van der Waals surface area contributed by atoms with Crippen LogP contribution in [0.1, 0.15) is 24.2 Å². The topological polar surface area (TPSA) is 37.4 Å². The number of likely N-dealkylation sites (tertiary alicyclic amines) is 1. The van der Waals surface area contributed by atoms with Crippen molar-refractivity contribution in [2.24, 2.45) is 0 Å². The van der Waals surface area contributed by atoms with E-state index < -0.39 is 0 Å².